The fourth-order valence-electron chi connectivity index (χ4n) is 4.19. The second-order valence-corrected chi connectivity index (χ2v) is 10.6. The van der Waals surface area contributed by atoms with E-state index in [9.17, 15) is 22.8 Å². The van der Waals surface area contributed by atoms with Crippen LogP contribution in [0.5, 0.6) is 11.5 Å². The lowest BCUT2D eigenvalue weighted by atomic mass is 10.1. The highest BCUT2D eigenvalue weighted by Crippen LogP contribution is 2.48. The minimum Gasteiger partial charge on any atom is -0.452 e. The van der Waals surface area contributed by atoms with E-state index < -0.39 is 6.61 Å². The SMILES string of the molecule is CC1CCCN1C.NC=O.O=CCc1ccc2c(c1)Oc1c(F)cccc1S2.O=CNCc1cc2cnccc2[nH]1.OC(F)F. The van der Waals surface area contributed by atoms with Crippen molar-refractivity contribution in [2.45, 2.75) is 55.2 Å². The molecule has 1 saturated heterocycles. The molecule has 0 aliphatic carbocycles. The van der Waals surface area contributed by atoms with Gasteiger partial charge < -0.3 is 35.6 Å². The number of halogens is 3. The Labute approximate surface area is 263 Å². The van der Waals surface area contributed by atoms with Gasteiger partial charge in [-0.15, -0.1) is 0 Å². The number of fused-ring (bicyclic) bond motifs is 3. The number of likely N-dealkylation sites (tertiary alicyclic amines) is 1. The third-order valence-corrected chi connectivity index (χ3v) is 7.53. The first-order chi connectivity index (χ1) is 21.6. The molecule has 0 saturated carbocycles. The average molecular weight is 648 g/mol. The average Bonchev–Trinajstić information content (AvgIpc) is 3.61. The van der Waals surface area contributed by atoms with Gasteiger partial charge in [0.1, 0.15) is 12.0 Å². The van der Waals surface area contributed by atoms with Gasteiger partial charge in [0, 0.05) is 41.5 Å². The number of hydrogen-bond acceptors (Lipinski definition) is 8. The van der Waals surface area contributed by atoms with Crippen molar-refractivity contribution in [1.82, 2.24) is 20.2 Å². The van der Waals surface area contributed by atoms with Crippen LogP contribution < -0.4 is 15.8 Å². The van der Waals surface area contributed by atoms with Gasteiger partial charge in [0.15, 0.2) is 11.6 Å². The molecule has 2 aromatic heterocycles. The highest BCUT2D eigenvalue weighted by Gasteiger charge is 2.21. The third-order valence-electron chi connectivity index (χ3n) is 6.43. The van der Waals surface area contributed by atoms with E-state index in [2.05, 4.69) is 39.9 Å². The number of nitrogens with zero attached hydrogens (tertiary/aromatic N) is 2. The molecule has 0 spiro atoms. The molecule has 1 fully saturated rings. The molecule has 10 nitrogen and oxygen atoms in total. The lowest BCUT2D eigenvalue weighted by Gasteiger charge is -2.20. The quantitative estimate of drug-likeness (QED) is 0.194. The van der Waals surface area contributed by atoms with Crippen LogP contribution in [0.1, 0.15) is 31.0 Å². The van der Waals surface area contributed by atoms with Crippen LogP contribution in [0.15, 0.2) is 70.7 Å². The molecule has 1 atom stereocenters. The summed E-state index contributed by atoms with van der Waals surface area (Å²) in [7, 11) is 2.19. The zero-order valence-corrected chi connectivity index (χ0v) is 25.6. The Morgan fingerprint density at radius 3 is 2.51 bits per heavy atom. The van der Waals surface area contributed by atoms with E-state index in [1.165, 1.54) is 37.2 Å². The van der Waals surface area contributed by atoms with Crippen LogP contribution >= 0.6 is 11.8 Å². The van der Waals surface area contributed by atoms with E-state index >= 15 is 0 Å². The number of para-hydroxylation sites is 1. The number of alkyl halides is 2. The van der Waals surface area contributed by atoms with Crippen LogP contribution in [0.3, 0.4) is 0 Å². The smallest absolute Gasteiger partial charge is 0.342 e. The number of primary amides is 1. The number of carbonyl (C=O) groups excluding carboxylic acids is 3. The number of nitrogens with one attached hydrogen (secondary N) is 2. The van der Waals surface area contributed by atoms with Crippen molar-refractivity contribution in [1.29, 1.82) is 0 Å². The Kier molecular flexibility index (Phi) is 16.2. The normalized spacial score (nSPS) is 14.2. The van der Waals surface area contributed by atoms with E-state index in [1.54, 1.807) is 24.5 Å². The number of amides is 2. The first-order valence-electron chi connectivity index (χ1n) is 13.7. The lowest BCUT2D eigenvalue weighted by molar-refractivity contribution is -0.110. The number of rotatable bonds is 5. The van der Waals surface area contributed by atoms with Crippen molar-refractivity contribution >= 4 is 41.8 Å². The second kappa shape index (κ2) is 19.8. The Balaban J connectivity index is 0.000000227. The second-order valence-electron chi connectivity index (χ2n) is 9.56. The van der Waals surface area contributed by atoms with Crippen LogP contribution in [0.25, 0.3) is 10.9 Å². The van der Waals surface area contributed by atoms with Crippen LogP contribution in [-0.2, 0) is 27.3 Å². The fourth-order valence-corrected chi connectivity index (χ4v) is 5.15. The number of H-pyrrole nitrogens is 1. The van der Waals surface area contributed by atoms with Gasteiger partial charge in [-0.2, -0.15) is 8.78 Å². The number of aromatic nitrogens is 2. The first kappa shape index (κ1) is 36.8. The number of aromatic amines is 1. The summed E-state index contributed by atoms with van der Waals surface area (Å²) in [5.74, 6) is 0.502. The summed E-state index contributed by atoms with van der Waals surface area (Å²) in [5, 5.41) is 10.4. The molecule has 1 unspecified atom stereocenters. The minimum atomic E-state index is -3.17. The number of ether oxygens (including phenoxy) is 1. The summed E-state index contributed by atoms with van der Waals surface area (Å²) >= 11 is 1.47. The molecule has 242 valence electrons. The van der Waals surface area contributed by atoms with Gasteiger partial charge in [-0.3, -0.25) is 14.6 Å². The number of aliphatic hydroxyl groups excluding tert-OH is 1. The summed E-state index contributed by atoms with van der Waals surface area (Å²) in [5.41, 5.74) is 7.05. The fraction of sp³-hybridized carbons (Fsp3) is 0.290. The van der Waals surface area contributed by atoms with E-state index in [0.717, 1.165) is 44.3 Å². The summed E-state index contributed by atoms with van der Waals surface area (Å²) < 4.78 is 39.0. The highest BCUT2D eigenvalue weighted by atomic mass is 32.2. The van der Waals surface area contributed by atoms with E-state index in [-0.39, 0.29) is 18.0 Å². The zero-order chi connectivity index (χ0) is 33.2. The molecular formula is C31H36F3N5O5S. The molecular weight excluding hydrogens is 611 g/mol. The molecule has 6 rings (SSSR count). The van der Waals surface area contributed by atoms with Gasteiger partial charge in [0.25, 0.3) is 0 Å². The van der Waals surface area contributed by atoms with Gasteiger partial charge in [0.05, 0.1) is 16.3 Å². The van der Waals surface area contributed by atoms with Crippen molar-refractivity contribution in [2.24, 2.45) is 5.73 Å². The summed E-state index contributed by atoms with van der Waals surface area (Å²) in [6.45, 7) is 0.951. The highest BCUT2D eigenvalue weighted by molar-refractivity contribution is 7.99. The molecule has 2 aliphatic rings. The van der Waals surface area contributed by atoms with Crippen molar-refractivity contribution in [3.05, 3.63) is 78.0 Å². The number of carbonyl (C=O) groups is 3. The monoisotopic (exact) mass is 647 g/mol. The minimum absolute atomic E-state index is 0.250. The Morgan fingerprint density at radius 1 is 1.20 bits per heavy atom. The van der Waals surface area contributed by atoms with E-state index in [4.69, 9.17) is 14.6 Å². The maximum atomic E-state index is 13.6. The van der Waals surface area contributed by atoms with Gasteiger partial charge in [0.2, 0.25) is 12.8 Å². The molecule has 2 aromatic carbocycles. The predicted octanol–water partition coefficient (Wildman–Crippen LogP) is 5.04. The van der Waals surface area contributed by atoms with Crippen molar-refractivity contribution in [3.63, 3.8) is 0 Å². The lowest BCUT2D eigenvalue weighted by Crippen LogP contribution is -2.20. The number of hydrogen-bond donors (Lipinski definition) is 4. The standard InChI is InChI=1S/C14H9FO2S.C9H9N3O.C6H13N.CH2F2O.CH3NO/c15-10-2-1-3-13-14(10)17-11-8-9(6-7-16)4-5-12(11)18-13;13-6-11-5-8-3-7-4-10-2-1-9(7)12-8;1-6-4-3-5-7(6)2;2-1(3)4;2-1-3/h1-5,7-8H,6H2;1-4,6,12H,5H2,(H,11,13);6H,3-5H2,1-2H3;1,4H;1H,(H2,2,3). The molecule has 5 N–H and O–H groups in total. The predicted molar refractivity (Wildman–Crippen MR) is 166 cm³/mol. The number of aliphatic hydroxyl groups is 1. The molecule has 4 aromatic rings. The van der Waals surface area contributed by atoms with Gasteiger partial charge in [-0.25, -0.2) is 4.39 Å². The topological polar surface area (TPSA) is 151 Å². The van der Waals surface area contributed by atoms with Crippen molar-refractivity contribution < 1.29 is 37.4 Å². The zero-order valence-electron chi connectivity index (χ0n) is 24.8. The van der Waals surface area contributed by atoms with Crippen LogP contribution in [-0.4, -0.2) is 65.3 Å². The Bertz CT molecular complexity index is 1460. The maximum absolute atomic E-state index is 13.6. The van der Waals surface area contributed by atoms with Gasteiger partial charge >= 0.3 is 6.61 Å². The van der Waals surface area contributed by atoms with E-state index in [0.29, 0.717) is 25.1 Å². The van der Waals surface area contributed by atoms with Crippen LogP contribution in [0, 0.1) is 5.82 Å². The van der Waals surface area contributed by atoms with Gasteiger partial charge in [-0.1, -0.05) is 23.9 Å². The summed E-state index contributed by atoms with van der Waals surface area (Å²) in [4.78, 5) is 40.4. The molecule has 2 amide bonds. The number of aldehydes is 1. The Morgan fingerprint density at radius 2 is 1.93 bits per heavy atom. The molecule has 4 heterocycles. The van der Waals surface area contributed by atoms with Crippen LogP contribution in [0.4, 0.5) is 13.2 Å². The van der Waals surface area contributed by atoms with Crippen LogP contribution in [0.2, 0.25) is 0 Å². The number of benzene rings is 2. The summed E-state index contributed by atoms with van der Waals surface area (Å²) in [6, 6.07) is 15.1. The third kappa shape index (κ3) is 12.6. The molecule has 2 aliphatic heterocycles. The Hall–Kier alpha value is -4.40. The van der Waals surface area contributed by atoms with Crippen molar-refractivity contribution in [2.75, 3.05) is 13.6 Å². The maximum Gasteiger partial charge on any atom is 0.342 e. The number of pyridine rings is 1. The van der Waals surface area contributed by atoms with Gasteiger partial charge in [-0.05, 0) is 75.3 Å². The molecule has 0 radical (unpaired) electrons. The van der Waals surface area contributed by atoms with E-state index in [1.807, 2.05) is 30.3 Å². The largest absolute Gasteiger partial charge is 0.452 e. The molecule has 45 heavy (non-hydrogen) atoms. The summed E-state index contributed by atoms with van der Waals surface area (Å²) in [6.07, 6.45) is 8.43. The molecule has 0 bridgehead atoms. The number of nitrogens with two attached hydrogens (primary N) is 1. The first-order valence-corrected chi connectivity index (χ1v) is 14.6. The van der Waals surface area contributed by atoms with Crippen molar-refractivity contribution in [3.8, 4) is 11.5 Å². The molecule has 14 heteroatoms.